The first-order valence-corrected chi connectivity index (χ1v) is 9.27. The van der Waals surface area contributed by atoms with Crippen LogP contribution in [0.5, 0.6) is 0 Å². The molecule has 3 N–H and O–H groups in total. The quantitative estimate of drug-likeness (QED) is 0.724. The van der Waals surface area contributed by atoms with E-state index in [2.05, 4.69) is 21.1 Å². The first kappa shape index (κ1) is 20.1. The number of anilines is 2. The monoisotopic (exact) mass is 393 g/mol. The molecule has 8 nitrogen and oxygen atoms in total. The zero-order valence-electron chi connectivity index (χ0n) is 16.5. The van der Waals surface area contributed by atoms with E-state index in [0.717, 1.165) is 5.56 Å². The molecular weight excluding hydrogens is 370 g/mol. The Hall–Kier alpha value is -3.68. The molecule has 2 aromatic carbocycles. The van der Waals surface area contributed by atoms with Crippen molar-refractivity contribution in [2.24, 2.45) is 4.99 Å². The average molecular weight is 393 g/mol. The van der Waals surface area contributed by atoms with E-state index in [9.17, 15) is 14.4 Å². The molecule has 0 unspecified atom stereocenters. The van der Waals surface area contributed by atoms with Crippen molar-refractivity contribution < 1.29 is 14.4 Å². The summed E-state index contributed by atoms with van der Waals surface area (Å²) in [5, 5.41) is 6.92. The van der Waals surface area contributed by atoms with Gasteiger partial charge in [0.2, 0.25) is 11.7 Å². The third kappa shape index (κ3) is 4.78. The Kier molecular flexibility index (Phi) is 5.92. The number of para-hydroxylation sites is 1. The minimum atomic E-state index is -0.685. The summed E-state index contributed by atoms with van der Waals surface area (Å²) in [6.45, 7) is 4.91. The Labute approximate surface area is 169 Å². The van der Waals surface area contributed by atoms with Gasteiger partial charge in [-0.1, -0.05) is 30.3 Å². The van der Waals surface area contributed by atoms with E-state index in [0.29, 0.717) is 11.4 Å². The first-order chi connectivity index (χ1) is 13.8. The molecular formula is C21H23N5O3. The van der Waals surface area contributed by atoms with Crippen molar-refractivity contribution in [1.82, 2.24) is 10.7 Å². The molecule has 0 saturated carbocycles. The highest BCUT2D eigenvalue weighted by molar-refractivity contribution is 6.39. The fourth-order valence-corrected chi connectivity index (χ4v) is 2.94. The zero-order chi connectivity index (χ0) is 21.0. The average Bonchev–Trinajstić information content (AvgIpc) is 2.70. The van der Waals surface area contributed by atoms with Gasteiger partial charge in [0.05, 0.1) is 11.7 Å². The normalized spacial score (nSPS) is 17.1. The van der Waals surface area contributed by atoms with Crippen LogP contribution < -0.4 is 21.1 Å². The van der Waals surface area contributed by atoms with E-state index in [1.807, 2.05) is 31.2 Å². The predicted octanol–water partition coefficient (Wildman–Crippen LogP) is 2.16. The molecule has 0 saturated heterocycles. The molecule has 8 heteroatoms. The number of hydrogen-bond acceptors (Lipinski definition) is 5. The maximum Gasteiger partial charge on any atom is 0.288 e. The fourth-order valence-electron chi connectivity index (χ4n) is 2.94. The van der Waals surface area contributed by atoms with Crippen molar-refractivity contribution in [3.63, 3.8) is 0 Å². The van der Waals surface area contributed by atoms with Gasteiger partial charge in [-0.15, -0.1) is 0 Å². The molecule has 29 heavy (non-hydrogen) atoms. The lowest BCUT2D eigenvalue weighted by Crippen LogP contribution is -2.58. The summed E-state index contributed by atoms with van der Waals surface area (Å²) in [6.07, 6.45) is 0. The van der Waals surface area contributed by atoms with Crippen LogP contribution in [0.25, 0.3) is 0 Å². The summed E-state index contributed by atoms with van der Waals surface area (Å²) in [5.74, 6) is -0.781. The van der Waals surface area contributed by atoms with Crippen LogP contribution in [0.4, 0.5) is 11.4 Å². The van der Waals surface area contributed by atoms with Crippen LogP contribution in [0.2, 0.25) is 0 Å². The number of benzene rings is 2. The SMILES string of the molecule is CC(=O)Nc1cccc([C@H](C)NC(=O)C2=N[C@H](C)C(=O)N(c3ccccc3)N2)c1. The van der Waals surface area contributed by atoms with Crippen molar-refractivity contribution in [1.29, 1.82) is 0 Å². The Bertz CT molecular complexity index is 958. The second-order valence-electron chi connectivity index (χ2n) is 6.78. The van der Waals surface area contributed by atoms with Crippen LogP contribution in [0.15, 0.2) is 59.6 Å². The van der Waals surface area contributed by atoms with Gasteiger partial charge in [-0.05, 0) is 43.7 Å². The molecule has 1 aliphatic rings. The molecule has 0 aliphatic carbocycles. The van der Waals surface area contributed by atoms with E-state index in [1.54, 1.807) is 37.3 Å². The van der Waals surface area contributed by atoms with E-state index < -0.39 is 11.9 Å². The minimum absolute atomic E-state index is 0.0609. The van der Waals surface area contributed by atoms with Gasteiger partial charge < -0.3 is 10.6 Å². The summed E-state index contributed by atoms with van der Waals surface area (Å²) in [5.41, 5.74) is 4.91. The second-order valence-corrected chi connectivity index (χ2v) is 6.78. The van der Waals surface area contributed by atoms with Crippen LogP contribution in [0.1, 0.15) is 32.4 Å². The molecule has 0 aromatic heterocycles. The van der Waals surface area contributed by atoms with Crippen molar-refractivity contribution >= 4 is 34.9 Å². The molecule has 2 atom stereocenters. The van der Waals surface area contributed by atoms with Gasteiger partial charge in [-0.25, -0.2) is 10.0 Å². The number of rotatable bonds is 5. The van der Waals surface area contributed by atoms with Gasteiger partial charge in [0.15, 0.2) is 0 Å². The molecule has 0 fully saturated rings. The van der Waals surface area contributed by atoms with Crippen molar-refractivity contribution in [2.75, 3.05) is 10.3 Å². The molecule has 3 rings (SSSR count). The Morgan fingerprint density at radius 1 is 1.14 bits per heavy atom. The fraction of sp³-hybridized carbons (Fsp3) is 0.238. The molecule has 0 radical (unpaired) electrons. The van der Waals surface area contributed by atoms with Gasteiger partial charge in [0, 0.05) is 12.6 Å². The highest BCUT2D eigenvalue weighted by Gasteiger charge is 2.31. The number of aliphatic imine (C=N–C) groups is 1. The van der Waals surface area contributed by atoms with Gasteiger partial charge in [0.1, 0.15) is 6.04 Å². The van der Waals surface area contributed by atoms with Crippen molar-refractivity contribution in [3.05, 3.63) is 60.2 Å². The third-order valence-electron chi connectivity index (χ3n) is 4.40. The lowest BCUT2D eigenvalue weighted by atomic mass is 10.1. The van der Waals surface area contributed by atoms with Gasteiger partial charge >= 0.3 is 0 Å². The van der Waals surface area contributed by atoms with Crippen molar-refractivity contribution in [3.8, 4) is 0 Å². The molecule has 0 spiro atoms. The number of carbonyl (C=O) groups is 3. The van der Waals surface area contributed by atoms with Crippen LogP contribution in [-0.4, -0.2) is 29.6 Å². The maximum absolute atomic E-state index is 12.8. The number of carbonyl (C=O) groups excluding carboxylic acids is 3. The smallest absolute Gasteiger partial charge is 0.288 e. The number of amides is 3. The molecule has 3 amide bonds. The predicted molar refractivity (Wildman–Crippen MR) is 111 cm³/mol. The Morgan fingerprint density at radius 3 is 2.55 bits per heavy atom. The number of hydrazine groups is 1. The second kappa shape index (κ2) is 8.55. The summed E-state index contributed by atoms with van der Waals surface area (Å²) >= 11 is 0. The molecule has 150 valence electrons. The number of nitrogens with one attached hydrogen (secondary N) is 3. The largest absolute Gasteiger partial charge is 0.343 e. The first-order valence-electron chi connectivity index (χ1n) is 9.27. The lowest BCUT2D eigenvalue weighted by Gasteiger charge is -2.31. The van der Waals surface area contributed by atoms with Gasteiger partial charge in [-0.2, -0.15) is 0 Å². The lowest BCUT2D eigenvalue weighted by molar-refractivity contribution is -0.120. The van der Waals surface area contributed by atoms with Crippen LogP contribution in [0.3, 0.4) is 0 Å². The van der Waals surface area contributed by atoms with E-state index in [4.69, 9.17) is 0 Å². The summed E-state index contributed by atoms with van der Waals surface area (Å²) in [6, 6.07) is 15.2. The van der Waals surface area contributed by atoms with Crippen LogP contribution >= 0.6 is 0 Å². The van der Waals surface area contributed by atoms with Crippen molar-refractivity contribution in [2.45, 2.75) is 32.9 Å². The van der Waals surface area contributed by atoms with E-state index in [1.165, 1.54) is 11.9 Å². The van der Waals surface area contributed by atoms with E-state index >= 15 is 0 Å². The molecule has 1 aliphatic heterocycles. The topological polar surface area (TPSA) is 103 Å². The van der Waals surface area contributed by atoms with Gasteiger partial charge in [0.25, 0.3) is 11.8 Å². The number of nitrogens with zero attached hydrogens (tertiary/aromatic N) is 2. The molecule has 0 bridgehead atoms. The van der Waals surface area contributed by atoms with Gasteiger partial charge in [-0.3, -0.25) is 19.8 Å². The Morgan fingerprint density at radius 2 is 1.86 bits per heavy atom. The highest BCUT2D eigenvalue weighted by Crippen LogP contribution is 2.19. The zero-order valence-corrected chi connectivity index (χ0v) is 16.5. The van der Waals surface area contributed by atoms with Crippen LogP contribution in [-0.2, 0) is 14.4 Å². The Balaban J connectivity index is 1.73. The summed E-state index contributed by atoms with van der Waals surface area (Å²) in [7, 11) is 0. The van der Waals surface area contributed by atoms with Crippen LogP contribution in [0, 0.1) is 0 Å². The summed E-state index contributed by atoms with van der Waals surface area (Å²) in [4.78, 5) is 40.6. The molecule has 2 aromatic rings. The number of hydrogen-bond donors (Lipinski definition) is 3. The summed E-state index contributed by atoms with van der Waals surface area (Å²) < 4.78 is 0. The standard InChI is InChI=1S/C21H23N5O3/c1-13(16-8-7-9-17(12-16)24-15(3)27)23-20(28)19-22-14(2)21(29)26(25-19)18-10-5-4-6-11-18/h4-14H,1-3H3,(H,22,25)(H,23,28)(H,24,27)/t13-,14+/m0/s1. The van der Waals surface area contributed by atoms with E-state index in [-0.39, 0.29) is 23.7 Å². The minimum Gasteiger partial charge on any atom is -0.343 e. The highest BCUT2D eigenvalue weighted by atomic mass is 16.2. The third-order valence-corrected chi connectivity index (χ3v) is 4.40. The molecule has 1 heterocycles. The number of amidine groups is 1. The maximum atomic E-state index is 12.8.